The Kier molecular flexibility index (Phi) is 2.62. The molecule has 0 spiro atoms. The lowest BCUT2D eigenvalue weighted by atomic mass is 10.0. The van der Waals surface area contributed by atoms with Gasteiger partial charge in [-0.25, -0.2) is 0 Å². The molecule has 0 N–H and O–H groups in total. The van der Waals surface area contributed by atoms with E-state index in [-0.39, 0.29) is 5.43 Å². The van der Waals surface area contributed by atoms with Gasteiger partial charge >= 0.3 is 0 Å². The number of nitrogens with zero attached hydrogens (tertiary/aromatic N) is 1. The van der Waals surface area contributed by atoms with Crippen molar-refractivity contribution >= 4 is 11.0 Å². The number of hydrogen-bond donors (Lipinski definition) is 0. The van der Waals surface area contributed by atoms with Crippen molar-refractivity contribution in [2.75, 3.05) is 0 Å². The molecule has 3 rings (SSSR count). The first kappa shape index (κ1) is 11.2. The third kappa shape index (κ3) is 1.80. The summed E-state index contributed by atoms with van der Waals surface area (Å²) in [6.07, 6.45) is 1.42. The molecule has 0 unspecified atom stereocenters. The van der Waals surface area contributed by atoms with Gasteiger partial charge in [0.05, 0.1) is 22.6 Å². The van der Waals surface area contributed by atoms with Crippen molar-refractivity contribution in [2.45, 2.75) is 0 Å². The van der Waals surface area contributed by atoms with Gasteiger partial charge < -0.3 is 4.42 Å². The second-order valence-electron chi connectivity index (χ2n) is 4.13. The Morgan fingerprint density at radius 3 is 2.53 bits per heavy atom. The molecule has 0 saturated heterocycles. The van der Waals surface area contributed by atoms with Crippen LogP contribution in [0.3, 0.4) is 0 Å². The minimum absolute atomic E-state index is 0.121. The summed E-state index contributed by atoms with van der Waals surface area (Å²) >= 11 is 0. The Morgan fingerprint density at radius 2 is 1.68 bits per heavy atom. The molecule has 2 aromatic carbocycles. The molecule has 3 nitrogen and oxygen atoms in total. The van der Waals surface area contributed by atoms with E-state index >= 15 is 0 Å². The van der Waals surface area contributed by atoms with Crippen LogP contribution >= 0.6 is 0 Å². The molecule has 90 valence electrons. The molecule has 0 saturated carbocycles. The maximum Gasteiger partial charge on any atom is 0.200 e. The van der Waals surface area contributed by atoms with Gasteiger partial charge in [0, 0.05) is 5.56 Å². The topological polar surface area (TPSA) is 54.0 Å². The molecule has 1 aromatic heterocycles. The first-order valence-electron chi connectivity index (χ1n) is 5.81. The lowest BCUT2D eigenvalue weighted by Gasteiger charge is -2.04. The van der Waals surface area contributed by atoms with Crippen molar-refractivity contribution < 1.29 is 4.42 Å². The molecule has 1 heterocycles. The van der Waals surface area contributed by atoms with E-state index in [0.29, 0.717) is 27.7 Å². The fourth-order valence-corrected chi connectivity index (χ4v) is 2.08. The zero-order valence-corrected chi connectivity index (χ0v) is 9.96. The second kappa shape index (κ2) is 4.43. The van der Waals surface area contributed by atoms with Crippen molar-refractivity contribution in [1.29, 1.82) is 5.26 Å². The highest BCUT2D eigenvalue weighted by atomic mass is 16.3. The molecule has 0 aliphatic carbocycles. The highest BCUT2D eigenvalue weighted by Crippen LogP contribution is 2.22. The summed E-state index contributed by atoms with van der Waals surface area (Å²) in [6.45, 7) is 0. The van der Waals surface area contributed by atoms with E-state index in [1.807, 2.05) is 6.07 Å². The molecule has 3 heteroatoms. The third-order valence-electron chi connectivity index (χ3n) is 3.02. The Morgan fingerprint density at radius 1 is 0.947 bits per heavy atom. The van der Waals surface area contributed by atoms with Crippen molar-refractivity contribution in [1.82, 2.24) is 0 Å². The summed E-state index contributed by atoms with van der Waals surface area (Å²) in [7, 11) is 0. The first-order valence-corrected chi connectivity index (χ1v) is 5.81. The van der Waals surface area contributed by atoms with Crippen LogP contribution in [-0.2, 0) is 0 Å². The molecule has 0 amide bonds. The predicted molar refractivity (Wildman–Crippen MR) is 72.6 cm³/mol. The number of rotatable bonds is 1. The van der Waals surface area contributed by atoms with Crippen LogP contribution in [-0.4, -0.2) is 0 Å². The SMILES string of the molecule is N#Cc1ccccc1-c1coc2ccccc2c1=O. The third-order valence-corrected chi connectivity index (χ3v) is 3.02. The van der Waals surface area contributed by atoms with Crippen LogP contribution in [0.25, 0.3) is 22.1 Å². The minimum atomic E-state index is -0.121. The van der Waals surface area contributed by atoms with Gasteiger partial charge in [-0.2, -0.15) is 5.26 Å². The molecule has 0 bridgehead atoms. The van der Waals surface area contributed by atoms with Crippen molar-refractivity contribution in [2.24, 2.45) is 0 Å². The molecule has 0 atom stereocenters. The lowest BCUT2D eigenvalue weighted by Crippen LogP contribution is -2.05. The zero-order chi connectivity index (χ0) is 13.2. The number of hydrogen-bond acceptors (Lipinski definition) is 3. The quantitative estimate of drug-likeness (QED) is 0.662. The van der Waals surface area contributed by atoms with Crippen molar-refractivity contribution in [3.05, 3.63) is 70.6 Å². The standard InChI is InChI=1S/C16H9NO2/c17-9-11-5-1-2-6-12(11)14-10-19-15-8-4-3-7-13(15)16(14)18/h1-8,10H. The van der Waals surface area contributed by atoms with Gasteiger partial charge in [-0.3, -0.25) is 4.79 Å². The Hall–Kier alpha value is -2.86. The van der Waals surface area contributed by atoms with Gasteiger partial charge in [-0.1, -0.05) is 30.3 Å². The average molecular weight is 247 g/mol. The molecule has 0 aliphatic heterocycles. The number of nitriles is 1. The first-order chi connectivity index (χ1) is 9.31. The van der Waals surface area contributed by atoms with Gasteiger partial charge in [-0.15, -0.1) is 0 Å². The molecule has 0 aliphatic rings. The van der Waals surface area contributed by atoms with Crippen molar-refractivity contribution in [3.8, 4) is 17.2 Å². The van der Waals surface area contributed by atoms with E-state index in [2.05, 4.69) is 6.07 Å². The Labute approximate surface area is 109 Å². The van der Waals surface area contributed by atoms with Crippen LogP contribution in [0.2, 0.25) is 0 Å². The minimum Gasteiger partial charge on any atom is -0.463 e. The summed E-state index contributed by atoms with van der Waals surface area (Å²) in [6, 6.07) is 16.2. The van der Waals surface area contributed by atoms with Crippen LogP contribution in [0.1, 0.15) is 5.56 Å². The van der Waals surface area contributed by atoms with Gasteiger partial charge in [-0.05, 0) is 18.2 Å². The summed E-state index contributed by atoms with van der Waals surface area (Å²) in [4.78, 5) is 12.4. The van der Waals surface area contributed by atoms with E-state index in [4.69, 9.17) is 9.68 Å². The van der Waals surface area contributed by atoms with Crippen LogP contribution in [0.15, 0.2) is 64.0 Å². The second-order valence-corrected chi connectivity index (χ2v) is 4.13. The predicted octanol–water partition coefficient (Wildman–Crippen LogP) is 3.33. The Balaban J connectivity index is 2.36. The van der Waals surface area contributed by atoms with Gasteiger partial charge in [0.1, 0.15) is 11.8 Å². The number of fused-ring (bicyclic) bond motifs is 1. The van der Waals surface area contributed by atoms with Gasteiger partial charge in [0.15, 0.2) is 0 Å². The smallest absolute Gasteiger partial charge is 0.200 e. The van der Waals surface area contributed by atoms with E-state index in [0.717, 1.165) is 0 Å². The number of benzene rings is 2. The molecule has 0 fully saturated rings. The lowest BCUT2D eigenvalue weighted by molar-refractivity contribution is 0.604. The molecule has 0 radical (unpaired) electrons. The highest BCUT2D eigenvalue weighted by Gasteiger charge is 2.11. The maximum atomic E-state index is 12.4. The van der Waals surface area contributed by atoms with E-state index in [1.54, 1.807) is 42.5 Å². The summed E-state index contributed by atoms with van der Waals surface area (Å²) in [5.41, 5.74) is 1.90. The van der Waals surface area contributed by atoms with E-state index in [1.165, 1.54) is 6.26 Å². The number of para-hydroxylation sites is 1. The summed E-state index contributed by atoms with van der Waals surface area (Å²) in [5.74, 6) is 0. The average Bonchev–Trinajstić information content (AvgIpc) is 2.48. The fraction of sp³-hybridized carbons (Fsp3) is 0. The van der Waals surface area contributed by atoms with Crippen LogP contribution in [0.4, 0.5) is 0 Å². The molecule has 3 aromatic rings. The molecular formula is C16H9NO2. The van der Waals surface area contributed by atoms with Gasteiger partial charge in [0.2, 0.25) is 5.43 Å². The maximum absolute atomic E-state index is 12.4. The van der Waals surface area contributed by atoms with Crippen LogP contribution in [0.5, 0.6) is 0 Å². The van der Waals surface area contributed by atoms with Crippen molar-refractivity contribution in [3.63, 3.8) is 0 Å². The Bertz CT molecular complexity index is 856. The normalized spacial score (nSPS) is 10.3. The summed E-state index contributed by atoms with van der Waals surface area (Å²) in [5, 5.41) is 9.62. The highest BCUT2D eigenvalue weighted by molar-refractivity contribution is 5.82. The van der Waals surface area contributed by atoms with Crippen LogP contribution < -0.4 is 5.43 Å². The summed E-state index contributed by atoms with van der Waals surface area (Å²) < 4.78 is 5.47. The zero-order valence-electron chi connectivity index (χ0n) is 9.96. The monoisotopic (exact) mass is 247 g/mol. The van der Waals surface area contributed by atoms with E-state index in [9.17, 15) is 4.79 Å². The van der Waals surface area contributed by atoms with Crippen LogP contribution in [0, 0.1) is 11.3 Å². The van der Waals surface area contributed by atoms with Gasteiger partial charge in [0.25, 0.3) is 0 Å². The van der Waals surface area contributed by atoms with E-state index < -0.39 is 0 Å². The molecular weight excluding hydrogens is 238 g/mol. The largest absolute Gasteiger partial charge is 0.463 e. The molecule has 19 heavy (non-hydrogen) atoms. The fourth-order valence-electron chi connectivity index (χ4n) is 2.08.